The molecule has 7 nitrogen and oxygen atoms in total. The highest BCUT2D eigenvalue weighted by Gasteiger charge is 2.40. The van der Waals surface area contributed by atoms with E-state index >= 15 is 0 Å². The van der Waals surface area contributed by atoms with Crippen molar-refractivity contribution in [3.63, 3.8) is 0 Å². The van der Waals surface area contributed by atoms with Crippen molar-refractivity contribution >= 4 is 23.2 Å². The molecule has 2 heterocycles. The number of rotatable bonds is 2. The van der Waals surface area contributed by atoms with Crippen molar-refractivity contribution in [2.24, 2.45) is 0 Å². The van der Waals surface area contributed by atoms with Crippen molar-refractivity contribution in [1.82, 2.24) is 5.32 Å². The first-order chi connectivity index (χ1) is 9.92. The molecule has 2 N–H and O–H groups in total. The van der Waals surface area contributed by atoms with Crippen molar-refractivity contribution in [2.45, 2.75) is 19.4 Å². The summed E-state index contributed by atoms with van der Waals surface area (Å²) in [5.74, 6) is 0.804. The first-order valence-corrected chi connectivity index (χ1v) is 6.67. The zero-order valence-corrected chi connectivity index (χ0v) is 12.1. The van der Waals surface area contributed by atoms with Gasteiger partial charge in [0.05, 0.1) is 11.4 Å². The Hall–Kier alpha value is -2.44. The van der Waals surface area contributed by atoms with Crippen LogP contribution in [0.4, 0.5) is 11.4 Å². The number of ether oxygens (including phenoxy) is 2. The summed E-state index contributed by atoms with van der Waals surface area (Å²) in [5, 5.41) is 5.71. The predicted octanol–water partition coefficient (Wildman–Crippen LogP) is 0.698. The highest BCUT2D eigenvalue weighted by atomic mass is 16.7. The molecule has 1 aromatic carbocycles. The van der Waals surface area contributed by atoms with Crippen LogP contribution >= 0.6 is 0 Å². The Morgan fingerprint density at radius 2 is 2.05 bits per heavy atom. The molecule has 1 aromatic rings. The summed E-state index contributed by atoms with van der Waals surface area (Å²) in [6.45, 7) is 3.68. The minimum absolute atomic E-state index is 0.0346. The smallest absolute Gasteiger partial charge is 0.252 e. The van der Waals surface area contributed by atoms with Crippen LogP contribution in [0, 0.1) is 0 Å². The van der Waals surface area contributed by atoms with E-state index in [1.807, 2.05) is 0 Å². The topological polar surface area (TPSA) is 79.9 Å². The average Bonchev–Trinajstić information content (AvgIpc) is 2.88. The van der Waals surface area contributed by atoms with E-state index < -0.39 is 5.54 Å². The Kier molecular flexibility index (Phi) is 2.93. The van der Waals surface area contributed by atoms with E-state index in [9.17, 15) is 9.59 Å². The molecule has 0 spiro atoms. The van der Waals surface area contributed by atoms with Crippen LogP contribution in [0.25, 0.3) is 0 Å². The minimum atomic E-state index is -0.797. The average molecular weight is 291 g/mol. The van der Waals surface area contributed by atoms with Crippen LogP contribution in [0.3, 0.4) is 0 Å². The summed E-state index contributed by atoms with van der Waals surface area (Å²) < 4.78 is 10.7. The van der Waals surface area contributed by atoms with Crippen LogP contribution in [0.5, 0.6) is 11.5 Å². The van der Waals surface area contributed by atoms with Gasteiger partial charge in [0.1, 0.15) is 12.1 Å². The molecule has 2 aliphatic heterocycles. The molecule has 0 aliphatic carbocycles. The van der Waals surface area contributed by atoms with E-state index in [1.54, 1.807) is 33.0 Å². The number of hydrogen-bond donors (Lipinski definition) is 2. The summed E-state index contributed by atoms with van der Waals surface area (Å²) in [7, 11) is 1.54. The summed E-state index contributed by atoms with van der Waals surface area (Å²) in [4.78, 5) is 25.7. The summed E-state index contributed by atoms with van der Waals surface area (Å²) in [6, 6.07) is 3.52. The van der Waals surface area contributed by atoms with Gasteiger partial charge >= 0.3 is 0 Å². The van der Waals surface area contributed by atoms with Crippen LogP contribution in [0.1, 0.15) is 13.8 Å². The van der Waals surface area contributed by atoms with Gasteiger partial charge in [0.2, 0.25) is 12.7 Å². The number of carbonyl (C=O) groups is 2. The molecule has 21 heavy (non-hydrogen) atoms. The second kappa shape index (κ2) is 4.54. The number of nitrogens with zero attached hydrogens (tertiary/aromatic N) is 1. The van der Waals surface area contributed by atoms with Gasteiger partial charge in [-0.2, -0.15) is 0 Å². The highest BCUT2D eigenvalue weighted by molar-refractivity contribution is 6.10. The fourth-order valence-electron chi connectivity index (χ4n) is 2.47. The van der Waals surface area contributed by atoms with E-state index in [1.165, 1.54) is 4.90 Å². The Bertz CT molecular complexity index is 627. The standard InChI is InChI=1S/C14H17N3O4/c1-14(2)13(19)17(6-12(18)15-3)9-5-11-10(20-7-21-11)4-8(9)16-14/h4-5,16H,6-7H2,1-3H3,(H,15,18). The monoisotopic (exact) mass is 291 g/mol. The molecule has 112 valence electrons. The van der Waals surface area contributed by atoms with Gasteiger partial charge in [0.15, 0.2) is 11.5 Å². The van der Waals surface area contributed by atoms with E-state index in [-0.39, 0.29) is 25.2 Å². The largest absolute Gasteiger partial charge is 0.454 e. The molecule has 0 unspecified atom stereocenters. The van der Waals surface area contributed by atoms with Crippen LogP contribution in [0.2, 0.25) is 0 Å². The van der Waals surface area contributed by atoms with Gasteiger partial charge in [-0.3, -0.25) is 14.5 Å². The Morgan fingerprint density at radius 3 is 2.71 bits per heavy atom. The minimum Gasteiger partial charge on any atom is -0.454 e. The zero-order valence-electron chi connectivity index (χ0n) is 12.1. The number of hydrogen-bond acceptors (Lipinski definition) is 5. The van der Waals surface area contributed by atoms with Crippen molar-refractivity contribution < 1.29 is 19.1 Å². The molecule has 3 rings (SSSR count). The lowest BCUT2D eigenvalue weighted by atomic mass is 9.97. The van der Waals surface area contributed by atoms with E-state index in [4.69, 9.17) is 9.47 Å². The fraction of sp³-hybridized carbons (Fsp3) is 0.429. The van der Waals surface area contributed by atoms with Crippen molar-refractivity contribution in [3.05, 3.63) is 12.1 Å². The van der Waals surface area contributed by atoms with Crippen LogP contribution in [0.15, 0.2) is 12.1 Å². The second-order valence-corrected chi connectivity index (χ2v) is 5.54. The maximum atomic E-state index is 12.6. The Labute approximate surface area is 122 Å². The lowest BCUT2D eigenvalue weighted by molar-refractivity contribution is -0.125. The van der Waals surface area contributed by atoms with Gasteiger partial charge in [-0.25, -0.2) is 0 Å². The summed E-state index contributed by atoms with van der Waals surface area (Å²) in [5.41, 5.74) is 0.564. The number of nitrogens with one attached hydrogen (secondary N) is 2. The second-order valence-electron chi connectivity index (χ2n) is 5.54. The molecule has 0 saturated heterocycles. The van der Waals surface area contributed by atoms with Crippen molar-refractivity contribution in [1.29, 1.82) is 0 Å². The third-order valence-electron chi connectivity index (χ3n) is 3.59. The zero-order chi connectivity index (χ0) is 15.2. The maximum Gasteiger partial charge on any atom is 0.252 e. The van der Waals surface area contributed by atoms with Gasteiger partial charge in [-0.1, -0.05) is 0 Å². The van der Waals surface area contributed by atoms with E-state index in [0.717, 1.165) is 5.69 Å². The van der Waals surface area contributed by atoms with Crippen LogP contribution < -0.4 is 25.0 Å². The van der Waals surface area contributed by atoms with Gasteiger partial charge in [-0.05, 0) is 13.8 Å². The predicted molar refractivity (Wildman–Crippen MR) is 76.7 cm³/mol. The van der Waals surface area contributed by atoms with Crippen molar-refractivity contribution in [3.8, 4) is 11.5 Å². The molecule has 0 bridgehead atoms. The SMILES string of the molecule is CNC(=O)CN1C(=O)C(C)(C)Nc2cc3c(cc21)OCO3. The highest BCUT2D eigenvalue weighted by Crippen LogP contribution is 2.44. The van der Waals surface area contributed by atoms with E-state index in [0.29, 0.717) is 17.2 Å². The molecule has 0 radical (unpaired) electrons. The Balaban J connectivity index is 2.07. The molecule has 0 aromatic heterocycles. The van der Waals surface area contributed by atoms with E-state index in [2.05, 4.69) is 10.6 Å². The molecule has 7 heteroatoms. The molecule has 0 saturated carbocycles. The molecular weight excluding hydrogens is 274 g/mol. The van der Waals surface area contributed by atoms with Gasteiger partial charge in [-0.15, -0.1) is 0 Å². The fourth-order valence-corrected chi connectivity index (χ4v) is 2.47. The number of amides is 2. The lowest BCUT2D eigenvalue weighted by Crippen LogP contribution is -2.55. The van der Waals surface area contributed by atoms with Crippen molar-refractivity contribution in [2.75, 3.05) is 30.6 Å². The Morgan fingerprint density at radius 1 is 1.38 bits per heavy atom. The van der Waals surface area contributed by atoms with Crippen LogP contribution in [-0.2, 0) is 9.59 Å². The molecule has 0 atom stereocenters. The first-order valence-electron chi connectivity index (χ1n) is 6.67. The van der Waals surface area contributed by atoms with Crippen LogP contribution in [-0.4, -0.2) is 37.7 Å². The molecule has 2 aliphatic rings. The molecule has 2 amide bonds. The number of fused-ring (bicyclic) bond motifs is 2. The summed E-state index contributed by atoms with van der Waals surface area (Å²) in [6.07, 6.45) is 0. The van der Waals surface area contributed by atoms with Gasteiger partial charge in [0.25, 0.3) is 5.91 Å². The molecular formula is C14H17N3O4. The van der Waals surface area contributed by atoms with Gasteiger partial charge < -0.3 is 20.1 Å². The van der Waals surface area contributed by atoms with Gasteiger partial charge in [0, 0.05) is 19.2 Å². The number of carbonyl (C=O) groups excluding carboxylic acids is 2. The lowest BCUT2D eigenvalue weighted by Gasteiger charge is -2.39. The number of likely N-dealkylation sites (N-methyl/N-ethyl adjacent to an activating group) is 1. The number of benzene rings is 1. The third-order valence-corrected chi connectivity index (χ3v) is 3.59. The first kappa shape index (κ1) is 13.5. The quantitative estimate of drug-likeness (QED) is 0.838. The normalized spacial score (nSPS) is 18.0. The summed E-state index contributed by atoms with van der Waals surface area (Å²) >= 11 is 0. The number of anilines is 2. The maximum absolute atomic E-state index is 12.6. The third kappa shape index (κ3) is 2.14. The molecule has 0 fully saturated rings.